The van der Waals surface area contributed by atoms with E-state index in [1.54, 1.807) is 0 Å². The van der Waals surface area contributed by atoms with Gasteiger partial charge >= 0.3 is 5.97 Å². The molecule has 0 saturated carbocycles. The van der Waals surface area contributed by atoms with Crippen molar-refractivity contribution in [3.8, 4) is 0 Å². The molecule has 1 aromatic carbocycles. The molecule has 1 N–H and O–H groups in total. The van der Waals surface area contributed by atoms with Crippen LogP contribution in [-0.4, -0.2) is 18.1 Å². The normalized spacial score (nSPS) is 25.2. The van der Waals surface area contributed by atoms with E-state index in [1.807, 2.05) is 18.2 Å². The molecule has 0 unspecified atom stereocenters. The lowest BCUT2D eigenvalue weighted by atomic mass is 9.86. The highest BCUT2D eigenvalue weighted by molar-refractivity contribution is 5.78. The van der Waals surface area contributed by atoms with Crippen LogP contribution in [0.15, 0.2) is 30.3 Å². The van der Waals surface area contributed by atoms with Crippen molar-refractivity contribution >= 4 is 5.97 Å². The van der Waals surface area contributed by atoms with Gasteiger partial charge in [0.2, 0.25) is 0 Å². The van der Waals surface area contributed by atoms with E-state index in [-0.39, 0.29) is 29.6 Å². The molecule has 0 spiro atoms. The Bertz CT molecular complexity index is 436. The molecule has 3 nitrogen and oxygen atoms in total. The molecule has 0 bridgehead atoms. The second kappa shape index (κ2) is 5.33. The second-order valence-corrected chi connectivity index (χ2v) is 6.38. The molecule has 1 heterocycles. The standard InChI is InChI=1S/C16H23NO2/c1-11(12-8-6-5-7-9-12)17-13-10-14(16(2,3)4)19-15(13)18/h5-9,11,13-14,17H,10H2,1-4H3/t11-,13-,14+/m0/s1. The van der Waals surface area contributed by atoms with Crippen molar-refractivity contribution < 1.29 is 9.53 Å². The molecule has 19 heavy (non-hydrogen) atoms. The molecule has 1 aromatic rings. The lowest BCUT2D eigenvalue weighted by Gasteiger charge is -2.25. The minimum atomic E-state index is -0.195. The summed E-state index contributed by atoms with van der Waals surface area (Å²) in [5, 5.41) is 3.37. The fourth-order valence-corrected chi connectivity index (χ4v) is 2.39. The number of esters is 1. The number of carbonyl (C=O) groups excluding carboxylic acids is 1. The van der Waals surface area contributed by atoms with Crippen molar-refractivity contribution in [2.75, 3.05) is 0 Å². The molecule has 0 aromatic heterocycles. The third-order valence-corrected chi connectivity index (χ3v) is 3.71. The first-order valence-electron chi connectivity index (χ1n) is 6.89. The summed E-state index contributed by atoms with van der Waals surface area (Å²) in [6.07, 6.45) is 0.750. The first-order chi connectivity index (χ1) is 8.88. The van der Waals surface area contributed by atoms with Gasteiger partial charge in [0.15, 0.2) is 0 Å². The summed E-state index contributed by atoms with van der Waals surface area (Å²) in [5.74, 6) is -0.122. The highest BCUT2D eigenvalue weighted by atomic mass is 16.6. The van der Waals surface area contributed by atoms with Crippen LogP contribution in [0.1, 0.15) is 45.7 Å². The zero-order valence-electron chi connectivity index (χ0n) is 12.1. The van der Waals surface area contributed by atoms with Gasteiger partial charge in [-0.2, -0.15) is 0 Å². The van der Waals surface area contributed by atoms with Gasteiger partial charge in [-0.15, -0.1) is 0 Å². The number of benzene rings is 1. The van der Waals surface area contributed by atoms with Crippen molar-refractivity contribution in [3.63, 3.8) is 0 Å². The number of rotatable bonds is 3. The van der Waals surface area contributed by atoms with Gasteiger partial charge < -0.3 is 4.74 Å². The van der Waals surface area contributed by atoms with Gasteiger partial charge in [-0.1, -0.05) is 51.1 Å². The van der Waals surface area contributed by atoms with Crippen molar-refractivity contribution in [3.05, 3.63) is 35.9 Å². The van der Waals surface area contributed by atoms with Crippen molar-refractivity contribution in [1.82, 2.24) is 5.32 Å². The zero-order chi connectivity index (χ0) is 14.0. The molecule has 2 rings (SSSR count). The summed E-state index contributed by atoms with van der Waals surface area (Å²) in [4.78, 5) is 11.9. The van der Waals surface area contributed by atoms with E-state index in [4.69, 9.17) is 4.74 Å². The molecule has 1 saturated heterocycles. The monoisotopic (exact) mass is 261 g/mol. The van der Waals surface area contributed by atoms with E-state index in [1.165, 1.54) is 5.56 Å². The van der Waals surface area contributed by atoms with Gasteiger partial charge in [0.25, 0.3) is 0 Å². The average molecular weight is 261 g/mol. The summed E-state index contributed by atoms with van der Waals surface area (Å²) in [5.41, 5.74) is 1.19. The van der Waals surface area contributed by atoms with Gasteiger partial charge in [0, 0.05) is 12.5 Å². The van der Waals surface area contributed by atoms with Crippen LogP contribution in [0.25, 0.3) is 0 Å². The molecule has 1 fully saturated rings. The van der Waals surface area contributed by atoms with Gasteiger partial charge in [0.05, 0.1) is 0 Å². The summed E-state index contributed by atoms with van der Waals surface area (Å²) in [7, 11) is 0. The minimum Gasteiger partial charge on any atom is -0.461 e. The zero-order valence-corrected chi connectivity index (χ0v) is 12.1. The Morgan fingerprint density at radius 2 is 1.89 bits per heavy atom. The van der Waals surface area contributed by atoms with Crippen LogP contribution < -0.4 is 5.32 Å². The van der Waals surface area contributed by atoms with Crippen LogP contribution in [0.5, 0.6) is 0 Å². The number of cyclic esters (lactones) is 1. The third kappa shape index (κ3) is 3.35. The lowest BCUT2D eigenvalue weighted by Crippen LogP contribution is -2.35. The van der Waals surface area contributed by atoms with Gasteiger partial charge in [-0.3, -0.25) is 10.1 Å². The maximum absolute atomic E-state index is 11.9. The van der Waals surface area contributed by atoms with Crippen molar-refractivity contribution in [2.45, 2.75) is 52.3 Å². The van der Waals surface area contributed by atoms with Gasteiger partial charge in [0.1, 0.15) is 12.1 Å². The Hall–Kier alpha value is -1.35. The molecule has 1 aliphatic heterocycles. The number of ether oxygens (including phenoxy) is 1. The molecule has 0 radical (unpaired) electrons. The van der Waals surface area contributed by atoms with Crippen LogP contribution in [0, 0.1) is 5.41 Å². The molecule has 3 heteroatoms. The quantitative estimate of drug-likeness (QED) is 0.850. The van der Waals surface area contributed by atoms with Gasteiger partial charge in [-0.25, -0.2) is 0 Å². The molecule has 1 aliphatic rings. The molecule has 0 amide bonds. The second-order valence-electron chi connectivity index (χ2n) is 6.38. The Balaban J connectivity index is 1.99. The van der Waals surface area contributed by atoms with Crippen LogP contribution in [0.3, 0.4) is 0 Å². The molecule has 104 valence electrons. The largest absolute Gasteiger partial charge is 0.461 e. The SMILES string of the molecule is C[C@H](N[C@H]1C[C@H](C(C)(C)C)OC1=O)c1ccccc1. The molecular weight excluding hydrogens is 238 g/mol. The molecular formula is C16H23NO2. The van der Waals surface area contributed by atoms with E-state index in [9.17, 15) is 4.79 Å². The van der Waals surface area contributed by atoms with Crippen molar-refractivity contribution in [1.29, 1.82) is 0 Å². The van der Waals surface area contributed by atoms with Crippen LogP contribution >= 0.6 is 0 Å². The number of nitrogens with one attached hydrogen (secondary N) is 1. The van der Waals surface area contributed by atoms with Crippen molar-refractivity contribution in [2.24, 2.45) is 5.41 Å². The Kier molecular flexibility index (Phi) is 3.95. The fraction of sp³-hybridized carbons (Fsp3) is 0.562. The average Bonchev–Trinajstić information content (AvgIpc) is 2.72. The van der Waals surface area contributed by atoms with Crippen LogP contribution in [0.2, 0.25) is 0 Å². The Labute approximate surface area is 115 Å². The summed E-state index contributed by atoms with van der Waals surface area (Å²) in [6, 6.07) is 10.1. The van der Waals surface area contributed by atoms with Crippen LogP contribution in [-0.2, 0) is 9.53 Å². The van der Waals surface area contributed by atoms with E-state index < -0.39 is 0 Å². The third-order valence-electron chi connectivity index (χ3n) is 3.71. The van der Waals surface area contributed by atoms with Gasteiger partial charge in [-0.05, 0) is 17.9 Å². The lowest BCUT2D eigenvalue weighted by molar-refractivity contribution is -0.146. The predicted octanol–water partition coefficient (Wildman–Crippen LogP) is 3.07. The molecule has 3 atom stereocenters. The number of hydrogen-bond acceptors (Lipinski definition) is 3. The fourth-order valence-electron chi connectivity index (χ4n) is 2.39. The maximum atomic E-state index is 11.9. The predicted molar refractivity (Wildman–Crippen MR) is 75.7 cm³/mol. The van der Waals surface area contributed by atoms with E-state index in [0.717, 1.165) is 6.42 Å². The Morgan fingerprint density at radius 3 is 2.42 bits per heavy atom. The topological polar surface area (TPSA) is 38.3 Å². The van der Waals surface area contributed by atoms with E-state index >= 15 is 0 Å². The number of hydrogen-bond donors (Lipinski definition) is 1. The van der Waals surface area contributed by atoms with E-state index in [2.05, 4.69) is 45.1 Å². The Morgan fingerprint density at radius 1 is 1.26 bits per heavy atom. The maximum Gasteiger partial charge on any atom is 0.323 e. The summed E-state index contributed by atoms with van der Waals surface area (Å²) in [6.45, 7) is 8.39. The van der Waals surface area contributed by atoms with E-state index in [0.29, 0.717) is 0 Å². The summed E-state index contributed by atoms with van der Waals surface area (Å²) >= 11 is 0. The number of carbonyl (C=O) groups is 1. The highest BCUT2D eigenvalue weighted by Gasteiger charge is 2.41. The first-order valence-corrected chi connectivity index (χ1v) is 6.89. The molecule has 0 aliphatic carbocycles. The highest BCUT2D eigenvalue weighted by Crippen LogP contribution is 2.31. The van der Waals surface area contributed by atoms with Crippen LogP contribution in [0.4, 0.5) is 0 Å². The summed E-state index contributed by atoms with van der Waals surface area (Å²) < 4.78 is 5.47. The minimum absolute atomic E-state index is 0.000438. The smallest absolute Gasteiger partial charge is 0.323 e. The first kappa shape index (κ1) is 14.1.